The standard InChI is InChI=1S/C20H26N4O2/c1-14(2)21-20(26)23-17-10-8-16(9-11-17)19(25)22-18-7-5-6-15(12-18)13-24(3)4/h5-12,14H,13H2,1-4H3,(H,22,25)(H2,21,23,26). The zero-order valence-corrected chi connectivity index (χ0v) is 15.7. The molecule has 0 aliphatic carbocycles. The van der Waals surface area contributed by atoms with Crippen LogP contribution in [0.1, 0.15) is 29.8 Å². The van der Waals surface area contributed by atoms with E-state index in [1.807, 2.05) is 52.2 Å². The van der Waals surface area contributed by atoms with Gasteiger partial charge in [-0.05, 0) is 69.9 Å². The van der Waals surface area contributed by atoms with E-state index in [0.29, 0.717) is 11.3 Å². The summed E-state index contributed by atoms with van der Waals surface area (Å²) in [4.78, 5) is 26.2. The highest BCUT2D eigenvalue weighted by atomic mass is 16.2. The van der Waals surface area contributed by atoms with Crippen molar-refractivity contribution in [1.29, 1.82) is 0 Å². The van der Waals surface area contributed by atoms with E-state index in [0.717, 1.165) is 17.8 Å². The summed E-state index contributed by atoms with van der Waals surface area (Å²) in [5, 5.41) is 8.38. The van der Waals surface area contributed by atoms with Gasteiger partial charge in [0, 0.05) is 29.5 Å². The van der Waals surface area contributed by atoms with Gasteiger partial charge in [-0.3, -0.25) is 4.79 Å². The molecule has 0 saturated heterocycles. The number of amides is 3. The summed E-state index contributed by atoms with van der Waals surface area (Å²) in [6, 6.07) is 14.3. The number of hydrogen-bond acceptors (Lipinski definition) is 3. The highest BCUT2D eigenvalue weighted by Gasteiger charge is 2.08. The minimum Gasteiger partial charge on any atom is -0.336 e. The maximum Gasteiger partial charge on any atom is 0.319 e. The zero-order chi connectivity index (χ0) is 19.1. The zero-order valence-electron chi connectivity index (χ0n) is 15.7. The molecule has 0 fully saturated rings. The fourth-order valence-corrected chi connectivity index (χ4v) is 2.45. The highest BCUT2D eigenvalue weighted by molar-refractivity contribution is 6.04. The summed E-state index contributed by atoms with van der Waals surface area (Å²) in [5.41, 5.74) is 3.04. The normalized spacial score (nSPS) is 10.7. The Morgan fingerprint density at radius 3 is 2.27 bits per heavy atom. The number of carbonyl (C=O) groups is 2. The van der Waals surface area contributed by atoms with Crippen molar-refractivity contribution in [2.45, 2.75) is 26.4 Å². The molecule has 6 nitrogen and oxygen atoms in total. The third-order valence-corrected chi connectivity index (χ3v) is 3.51. The molecule has 0 aliphatic rings. The van der Waals surface area contributed by atoms with Gasteiger partial charge in [-0.25, -0.2) is 4.79 Å². The molecule has 0 heterocycles. The molecule has 0 radical (unpaired) electrons. The summed E-state index contributed by atoms with van der Waals surface area (Å²) in [6.07, 6.45) is 0. The van der Waals surface area contributed by atoms with Gasteiger partial charge < -0.3 is 20.9 Å². The van der Waals surface area contributed by atoms with Crippen molar-refractivity contribution in [1.82, 2.24) is 10.2 Å². The lowest BCUT2D eigenvalue weighted by molar-refractivity contribution is 0.102. The molecule has 0 aliphatic heterocycles. The minimum atomic E-state index is -0.269. The summed E-state index contributed by atoms with van der Waals surface area (Å²) >= 11 is 0. The molecule has 2 aromatic carbocycles. The first-order chi connectivity index (χ1) is 12.3. The van der Waals surface area contributed by atoms with Crippen LogP contribution in [-0.4, -0.2) is 37.0 Å². The maximum atomic E-state index is 12.4. The fourth-order valence-electron chi connectivity index (χ4n) is 2.45. The van der Waals surface area contributed by atoms with E-state index >= 15 is 0 Å². The van der Waals surface area contributed by atoms with Crippen LogP contribution < -0.4 is 16.0 Å². The number of hydrogen-bond donors (Lipinski definition) is 3. The van der Waals surface area contributed by atoms with Gasteiger partial charge in [0.15, 0.2) is 0 Å². The first-order valence-corrected chi connectivity index (χ1v) is 8.56. The second-order valence-electron chi connectivity index (χ2n) is 6.72. The van der Waals surface area contributed by atoms with Crippen molar-refractivity contribution in [2.24, 2.45) is 0 Å². The number of benzene rings is 2. The second-order valence-corrected chi connectivity index (χ2v) is 6.72. The van der Waals surface area contributed by atoms with Crippen LogP contribution >= 0.6 is 0 Å². The average Bonchev–Trinajstić information content (AvgIpc) is 2.54. The summed E-state index contributed by atoms with van der Waals surface area (Å²) in [5.74, 6) is -0.190. The Hall–Kier alpha value is -2.86. The molecule has 0 spiro atoms. The molecule has 138 valence electrons. The Morgan fingerprint density at radius 2 is 1.65 bits per heavy atom. The summed E-state index contributed by atoms with van der Waals surface area (Å²) in [7, 11) is 4.00. The van der Waals surface area contributed by atoms with E-state index < -0.39 is 0 Å². The molecule has 3 N–H and O–H groups in total. The average molecular weight is 354 g/mol. The van der Waals surface area contributed by atoms with Gasteiger partial charge in [-0.15, -0.1) is 0 Å². The fraction of sp³-hybridized carbons (Fsp3) is 0.300. The van der Waals surface area contributed by atoms with Gasteiger partial charge in [-0.2, -0.15) is 0 Å². The molecule has 2 rings (SSSR count). The number of urea groups is 1. The van der Waals surface area contributed by atoms with E-state index in [2.05, 4.69) is 20.9 Å². The highest BCUT2D eigenvalue weighted by Crippen LogP contribution is 2.15. The van der Waals surface area contributed by atoms with Crippen molar-refractivity contribution >= 4 is 23.3 Å². The Kier molecular flexibility index (Phi) is 6.74. The van der Waals surface area contributed by atoms with Crippen LogP contribution in [0.5, 0.6) is 0 Å². The monoisotopic (exact) mass is 354 g/mol. The van der Waals surface area contributed by atoms with Gasteiger partial charge in [0.05, 0.1) is 0 Å². The van der Waals surface area contributed by atoms with Gasteiger partial charge in [0.1, 0.15) is 0 Å². The molecule has 26 heavy (non-hydrogen) atoms. The van der Waals surface area contributed by atoms with E-state index in [4.69, 9.17) is 0 Å². The molecule has 0 bridgehead atoms. The third-order valence-electron chi connectivity index (χ3n) is 3.51. The molecule has 3 amide bonds. The van der Waals surface area contributed by atoms with Crippen molar-refractivity contribution < 1.29 is 9.59 Å². The molecular formula is C20H26N4O2. The van der Waals surface area contributed by atoms with E-state index in [1.165, 1.54) is 0 Å². The lowest BCUT2D eigenvalue weighted by Gasteiger charge is -2.12. The lowest BCUT2D eigenvalue weighted by atomic mass is 10.1. The maximum absolute atomic E-state index is 12.4. The van der Waals surface area contributed by atoms with E-state index in [-0.39, 0.29) is 18.0 Å². The van der Waals surface area contributed by atoms with Crippen LogP contribution in [0.15, 0.2) is 48.5 Å². The Morgan fingerprint density at radius 1 is 0.962 bits per heavy atom. The second kappa shape index (κ2) is 9.01. The number of carbonyl (C=O) groups excluding carboxylic acids is 2. The van der Waals surface area contributed by atoms with Crippen molar-refractivity contribution in [3.63, 3.8) is 0 Å². The van der Waals surface area contributed by atoms with Crippen molar-refractivity contribution in [3.8, 4) is 0 Å². The third kappa shape index (κ3) is 6.22. The molecule has 0 saturated carbocycles. The Bertz CT molecular complexity index is 755. The van der Waals surface area contributed by atoms with Crippen molar-refractivity contribution in [2.75, 3.05) is 24.7 Å². The summed E-state index contributed by atoms with van der Waals surface area (Å²) < 4.78 is 0. The van der Waals surface area contributed by atoms with Gasteiger partial charge in [-0.1, -0.05) is 12.1 Å². The summed E-state index contributed by atoms with van der Waals surface area (Å²) in [6.45, 7) is 4.59. The predicted molar refractivity (Wildman–Crippen MR) is 106 cm³/mol. The predicted octanol–water partition coefficient (Wildman–Crippen LogP) is 3.53. The van der Waals surface area contributed by atoms with E-state index in [9.17, 15) is 9.59 Å². The van der Waals surface area contributed by atoms with Crippen LogP contribution in [-0.2, 0) is 6.54 Å². The SMILES string of the molecule is CC(C)NC(=O)Nc1ccc(C(=O)Nc2cccc(CN(C)C)c2)cc1. The first-order valence-electron chi connectivity index (χ1n) is 8.56. The van der Waals surface area contributed by atoms with Crippen LogP contribution in [0.3, 0.4) is 0 Å². The number of anilines is 2. The van der Waals surface area contributed by atoms with Crippen molar-refractivity contribution in [3.05, 3.63) is 59.7 Å². The number of nitrogens with zero attached hydrogens (tertiary/aromatic N) is 1. The van der Waals surface area contributed by atoms with Gasteiger partial charge in [0.2, 0.25) is 0 Å². The lowest BCUT2D eigenvalue weighted by Crippen LogP contribution is -2.34. The van der Waals surface area contributed by atoms with Crippen LogP contribution in [0.25, 0.3) is 0 Å². The molecule has 0 unspecified atom stereocenters. The van der Waals surface area contributed by atoms with Crippen LogP contribution in [0.4, 0.5) is 16.2 Å². The molecular weight excluding hydrogens is 328 g/mol. The minimum absolute atomic E-state index is 0.0586. The Balaban J connectivity index is 1.98. The first kappa shape index (κ1) is 19.5. The molecule has 0 aromatic heterocycles. The van der Waals surface area contributed by atoms with E-state index in [1.54, 1.807) is 24.3 Å². The molecule has 2 aromatic rings. The molecule has 6 heteroatoms. The quantitative estimate of drug-likeness (QED) is 0.743. The number of rotatable bonds is 6. The topological polar surface area (TPSA) is 73.5 Å². The van der Waals surface area contributed by atoms with Gasteiger partial charge >= 0.3 is 6.03 Å². The molecule has 0 atom stereocenters. The van der Waals surface area contributed by atoms with Crippen LogP contribution in [0.2, 0.25) is 0 Å². The van der Waals surface area contributed by atoms with Gasteiger partial charge in [0.25, 0.3) is 5.91 Å². The smallest absolute Gasteiger partial charge is 0.319 e. The number of nitrogens with one attached hydrogen (secondary N) is 3. The Labute approximate surface area is 154 Å². The van der Waals surface area contributed by atoms with Crippen LogP contribution in [0, 0.1) is 0 Å². The largest absolute Gasteiger partial charge is 0.336 e.